The smallest absolute Gasteiger partial charge is 0.242 e. The number of pyridine rings is 1. The summed E-state index contributed by atoms with van der Waals surface area (Å²) in [6, 6.07) is 4.00. The Morgan fingerprint density at radius 2 is 2.21 bits per heavy atom. The molecule has 1 saturated heterocycles. The van der Waals surface area contributed by atoms with Crippen LogP contribution >= 0.6 is 0 Å². The van der Waals surface area contributed by atoms with Crippen LogP contribution in [0.15, 0.2) is 24.5 Å². The molecule has 104 valence electrons. The Hall–Kier alpha value is -1.42. The predicted molar refractivity (Wildman–Crippen MR) is 75.8 cm³/mol. The first-order valence-electron chi connectivity index (χ1n) is 7.07. The molecule has 1 fully saturated rings. The quantitative estimate of drug-likeness (QED) is 0.876. The fraction of sp³-hybridized carbons (Fsp3) is 0.600. The molecule has 4 heteroatoms. The summed E-state index contributed by atoms with van der Waals surface area (Å²) in [5.41, 5.74) is 0.909. The highest BCUT2D eigenvalue weighted by atomic mass is 16.2. The molecule has 0 aromatic carbocycles. The third kappa shape index (κ3) is 3.13. The van der Waals surface area contributed by atoms with Gasteiger partial charge in [-0.05, 0) is 49.9 Å². The summed E-state index contributed by atoms with van der Waals surface area (Å²) in [7, 11) is 1.90. The number of carbonyl (C=O) groups excluding carboxylic acids is 1. The molecule has 1 atom stereocenters. The van der Waals surface area contributed by atoms with E-state index < -0.39 is 0 Å². The minimum Gasteiger partial charge on any atom is -0.344 e. The highest BCUT2D eigenvalue weighted by molar-refractivity contribution is 5.86. The van der Waals surface area contributed by atoms with Crippen molar-refractivity contribution in [2.45, 2.75) is 38.1 Å². The third-order valence-corrected chi connectivity index (χ3v) is 4.09. The fourth-order valence-electron chi connectivity index (χ4n) is 2.75. The van der Waals surface area contributed by atoms with E-state index >= 15 is 0 Å². The topological polar surface area (TPSA) is 45.2 Å². The minimum atomic E-state index is -0.313. The summed E-state index contributed by atoms with van der Waals surface area (Å²) >= 11 is 0. The fourth-order valence-corrected chi connectivity index (χ4v) is 2.75. The van der Waals surface area contributed by atoms with Crippen molar-refractivity contribution in [1.82, 2.24) is 15.2 Å². The second-order valence-corrected chi connectivity index (χ2v) is 5.30. The van der Waals surface area contributed by atoms with E-state index in [-0.39, 0.29) is 11.4 Å². The standard InChI is InChI=1S/C15H23N3O/c1-3-15(8-4-9-17-15)14(19)18(2)12-7-13-5-10-16-11-6-13/h5-6,10-11,17H,3-4,7-9,12H2,1-2H3. The molecule has 1 N–H and O–H groups in total. The second kappa shape index (κ2) is 6.15. The number of nitrogens with zero attached hydrogens (tertiary/aromatic N) is 2. The highest BCUT2D eigenvalue weighted by Gasteiger charge is 2.40. The lowest BCUT2D eigenvalue weighted by molar-refractivity contribution is -0.136. The number of hydrogen-bond donors (Lipinski definition) is 1. The molecule has 1 amide bonds. The van der Waals surface area contributed by atoms with E-state index in [1.54, 1.807) is 12.4 Å². The van der Waals surface area contributed by atoms with Crippen molar-refractivity contribution in [2.75, 3.05) is 20.1 Å². The van der Waals surface area contributed by atoms with E-state index in [1.807, 2.05) is 24.1 Å². The maximum atomic E-state index is 12.6. The van der Waals surface area contributed by atoms with Gasteiger partial charge in [0.1, 0.15) is 0 Å². The van der Waals surface area contributed by atoms with E-state index in [9.17, 15) is 4.79 Å². The van der Waals surface area contributed by atoms with Gasteiger partial charge in [0.25, 0.3) is 0 Å². The molecule has 2 rings (SSSR count). The number of rotatable bonds is 5. The Morgan fingerprint density at radius 1 is 1.47 bits per heavy atom. The van der Waals surface area contributed by atoms with Crippen LogP contribution in [0.5, 0.6) is 0 Å². The van der Waals surface area contributed by atoms with Crippen LogP contribution in [0.2, 0.25) is 0 Å². The number of aromatic nitrogens is 1. The SMILES string of the molecule is CCC1(C(=O)N(C)CCc2ccncc2)CCCN1. The summed E-state index contributed by atoms with van der Waals surface area (Å²) in [5, 5.41) is 3.40. The van der Waals surface area contributed by atoms with Gasteiger partial charge in [-0.1, -0.05) is 6.92 Å². The average Bonchev–Trinajstić information content (AvgIpc) is 2.95. The van der Waals surface area contributed by atoms with Gasteiger partial charge >= 0.3 is 0 Å². The zero-order valence-corrected chi connectivity index (χ0v) is 11.9. The zero-order chi connectivity index (χ0) is 13.7. The van der Waals surface area contributed by atoms with Gasteiger partial charge in [-0.15, -0.1) is 0 Å². The lowest BCUT2D eigenvalue weighted by Gasteiger charge is -2.31. The highest BCUT2D eigenvalue weighted by Crippen LogP contribution is 2.25. The van der Waals surface area contributed by atoms with Gasteiger partial charge in [0, 0.05) is 26.0 Å². The Kier molecular flexibility index (Phi) is 4.53. The Balaban J connectivity index is 1.92. The molecule has 0 bridgehead atoms. The molecule has 0 radical (unpaired) electrons. The Morgan fingerprint density at radius 3 is 2.79 bits per heavy atom. The van der Waals surface area contributed by atoms with Gasteiger partial charge in [0.15, 0.2) is 0 Å². The summed E-state index contributed by atoms with van der Waals surface area (Å²) < 4.78 is 0. The average molecular weight is 261 g/mol. The Bertz CT molecular complexity index is 413. The summed E-state index contributed by atoms with van der Waals surface area (Å²) in [6.45, 7) is 3.80. The molecule has 0 aliphatic carbocycles. The van der Waals surface area contributed by atoms with E-state index in [0.717, 1.165) is 38.8 Å². The third-order valence-electron chi connectivity index (χ3n) is 4.09. The van der Waals surface area contributed by atoms with Gasteiger partial charge in [0.2, 0.25) is 5.91 Å². The maximum absolute atomic E-state index is 12.6. The van der Waals surface area contributed by atoms with Crippen LogP contribution in [0.3, 0.4) is 0 Å². The number of hydrogen-bond acceptors (Lipinski definition) is 3. The molecule has 2 heterocycles. The predicted octanol–water partition coefficient (Wildman–Crippen LogP) is 1.61. The lowest BCUT2D eigenvalue weighted by atomic mass is 9.92. The minimum absolute atomic E-state index is 0.238. The van der Waals surface area contributed by atoms with E-state index in [4.69, 9.17) is 0 Å². The number of likely N-dealkylation sites (N-methyl/N-ethyl adjacent to an activating group) is 1. The molecule has 0 saturated carbocycles. The normalized spacial score (nSPS) is 22.4. The van der Waals surface area contributed by atoms with Crippen molar-refractivity contribution >= 4 is 5.91 Å². The van der Waals surface area contributed by atoms with Crippen LogP contribution in [0, 0.1) is 0 Å². The van der Waals surface area contributed by atoms with E-state index in [2.05, 4.69) is 17.2 Å². The van der Waals surface area contributed by atoms with E-state index in [0.29, 0.717) is 0 Å². The van der Waals surface area contributed by atoms with Crippen molar-refractivity contribution < 1.29 is 4.79 Å². The zero-order valence-electron chi connectivity index (χ0n) is 11.9. The number of nitrogens with one attached hydrogen (secondary N) is 1. The molecular weight excluding hydrogens is 238 g/mol. The van der Waals surface area contributed by atoms with Crippen LogP contribution in [-0.2, 0) is 11.2 Å². The first-order valence-corrected chi connectivity index (χ1v) is 7.07. The van der Waals surface area contributed by atoms with Crippen LogP contribution in [0.1, 0.15) is 31.7 Å². The van der Waals surface area contributed by atoms with Gasteiger partial charge in [-0.3, -0.25) is 9.78 Å². The lowest BCUT2D eigenvalue weighted by Crippen LogP contribution is -2.53. The molecule has 0 spiro atoms. The molecule has 1 aromatic rings. The molecule has 1 aliphatic rings. The van der Waals surface area contributed by atoms with Gasteiger partial charge in [0.05, 0.1) is 5.54 Å². The van der Waals surface area contributed by atoms with Crippen LogP contribution in [0.25, 0.3) is 0 Å². The van der Waals surface area contributed by atoms with Crippen LogP contribution < -0.4 is 5.32 Å². The second-order valence-electron chi connectivity index (χ2n) is 5.30. The summed E-state index contributed by atoms with van der Waals surface area (Å²) in [5.74, 6) is 0.238. The molecule has 1 unspecified atom stereocenters. The van der Waals surface area contributed by atoms with Crippen molar-refractivity contribution in [1.29, 1.82) is 0 Å². The number of carbonyl (C=O) groups is 1. The molecule has 19 heavy (non-hydrogen) atoms. The van der Waals surface area contributed by atoms with Gasteiger partial charge in [-0.25, -0.2) is 0 Å². The largest absolute Gasteiger partial charge is 0.344 e. The monoisotopic (exact) mass is 261 g/mol. The maximum Gasteiger partial charge on any atom is 0.242 e. The summed E-state index contributed by atoms with van der Waals surface area (Å²) in [6.07, 6.45) is 7.39. The molecule has 1 aromatic heterocycles. The Labute approximate surface area is 115 Å². The summed E-state index contributed by atoms with van der Waals surface area (Å²) in [4.78, 5) is 18.4. The van der Waals surface area contributed by atoms with Crippen molar-refractivity contribution in [3.63, 3.8) is 0 Å². The van der Waals surface area contributed by atoms with Gasteiger partial charge < -0.3 is 10.2 Å². The molecular formula is C15H23N3O. The van der Waals surface area contributed by atoms with Crippen molar-refractivity contribution in [3.8, 4) is 0 Å². The first-order chi connectivity index (χ1) is 9.18. The number of amides is 1. The first kappa shape index (κ1) is 14.0. The van der Waals surface area contributed by atoms with Crippen molar-refractivity contribution in [3.05, 3.63) is 30.1 Å². The van der Waals surface area contributed by atoms with E-state index in [1.165, 1.54) is 5.56 Å². The molecule has 1 aliphatic heterocycles. The van der Waals surface area contributed by atoms with Crippen molar-refractivity contribution in [2.24, 2.45) is 0 Å². The molecule has 4 nitrogen and oxygen atoms in total. The van der Waals surface area contributed by atoms with Crippen LogP contribution in [-0.4, -0.2) is 41.5 Å². The van der Waals surface area contributed by atoms with Gasteiger partial charge in [-0.2, -0.15) is 0 Å². The van der Waals surface area contributed by atoms with Crippen LogP contribution in [0.4, 0.5) is 0 Å².